The van der Waals surface area contributed by atoms with Crippen LogP contribution in [-0.4, -0.2) is 25.2 Å². The number of benzene rings is 1. The molecule has 0 heterocycles. The second kappa shape index (κ2) is 6.47. The van der Waals surface area contributed by atoms with Crippen LogP contribution in [0.25, 0.3) is 0 Å². The maximum atomic E-state index is 12.1. The van der Waals surface area contributed by atoms with Crippen molar-refractivity contribution in [2.75, 3.05) is 13.1 Å². The molecule has 0 aliphatic heterocycles. The zero-order chi connectivity index (χ0) is 15.5. The number of alkyl halides is 3. The number of ketones is 1. The van der Waals surface area contributed by atoms with Gasteiger partial charge in [0.2, 0.25) is 0 Å². The van der Waals surface area contributed by atoms with E-state index in [1.807, 2.05) is 0 Å². The van der Waals surface area contributed by atoms with E-state index in [0.29, 0.717) is 18.0 Å². The lowest BCUT2D eigenvalue weighted by atomic mass is 9.95. The van der Waals surface area contributed by atoms with Crippen LogP contribution >= 0.6 is 0 Å². The van der Waals surface area contributed by atoms with Gasteiger partial charge in [-0.1, -0.05) is 12.1 Å². The standard InChI is InChI=1S/C15H18F3NO2/c1-10(20)14(9-19-8-11-2-3-11)12-4-6-13(7-5-12)21-15(16,17)18/h4-7,11,14,19H,2-3,8-9H2,1H3/t14-/m0/s1. The van der Waals surface area contributed by atoms with E-state index in [1.165, 1.54) is 44.0 Å². The third-order valence-electron chi connectivity index (χ3n) is 3.49. The van der Waals surface area contributed by atoms with Crippen molar-refractivity contribution in [3.05, 3.63) is 29.8 Å². The molecule has 0 unspecified atom stereocenters. The summed E-state index contributed by atoms with van der Waals surface area (Å²) in [4.78, 5) is 11.7. The van der Waals surface area contributed by atoms with Crippen LogP contribution in [0.1, 0.15) is 31.2 Å². The molecule has 21 heavy (non-hydrogen) atoms. The lowest BCUT2D eigenvalue weighted by Crippen LogP contribution is -2.27. The molecule has 0 amide bonds. The van der Waals surface area contributed by atoms with Gasteiger partial charge in [0.25, 0.3) is 0 Å². The summed E-state index contributed by atoms with van der Waals surface area (Å²) in [6.45, 7) is 2.88. The number of halogens is 3. The summed E-state index contributed by atoms with van der Waals surface area (Å²) in [5.74, 6) is 0.0751. The molecule has 1 saturated carbocycles. The molecule has 0 spiro atoms. The minimum atomic E-state index is -4.70. The Bertz CT molecular complexity index is 481. The van der Waals surface area contributed by atoms with Gasteiger partial charge in [0.15, 0.2) is 0 Å². The summed E-state index contributed by atoms with van der Waals surface area (Å²) in [7, 11) is 0. The maximum Gasteiger partial charge on any atom is 0.573 e. The Kier molecular flexibility index (Phi) is 4.88. The van der Waals surface area contributed by atoms with Gasteiger partial charge in [0, 0.05) is 6.54 Å². The molecule has 0 saturated heterocycles. The first kappa shape index (κ1) is 15.8. The Balaban J connectivity index is 1.96. The van der Waals surface area contributed by atoms with Gasteiger partial charge in [-0.3, -0.25) is 4.79 Å². The van der Waals surface area contributed by atoms with E-state index < -0.39 is 6.36 Å². The first-order chi connectivity index (χ1) is 9.85. The molecule has 3 nitrogen and oxygen atoms in total. The van der Waals surface area contributed by atoms with E-state index >= 15 is 0 Å². The Labute approximate surface area is 121 Å². The number of carbonyl (C=O) groups is 1. The van der Waals surface area contributed by atoms with Gasteiger partial charge in [-0.15, -0.1) is 13.2 Å². The fraction of sp³-hybridized carbons (Fsp3) is 0.533. The van der Waals surface area contributed by atoms with Crippen molar-refractivity contribution in [1.29, 1.82) is 0 Å². The van der Waals surface area contributed by atoms with Crippen molar-refractivity contribution in [3.63, 3.8) is 0 Å². The van der Waals surface area contributed by atoms with E-state index in [4.69, 9.17) is 0 Å². The predicted molar refractivity (Wildman–Crippen MR) is 72.1 cm³/mol. The zero-order valence-corrected chi connectivity index (χ0v) is 11.7. The summed E-state index contributed by atoms with van der Waals surface area (Å²) in [6.07, 6.45) is -2.25. The van der Waals surface area contributed by atoms with Gasteiger partial charge in [-0.05, 0) is 49.9 Å². The van der Waals surface area contributed by atoms with Crippen molar-refractivity contribution in [2.24, 2.45) is 5.92 Å². The molecule has 1 aliphatic rings. The average Bonchev–Trinajstić information content (AvgIpc) is 3.18. The molecule has 6 heteroatoms. The number of Topliss-reactive ketones (excluding diaryl/α,β-unsaturated/α-hetero) is 1. The number of hydrogen-bond donors (Lipinski definition) is 1. The van der Waals surface area contributed by atoms with Crippen molar-refractivity contribution < 1.29 is 22.7 Å². The summed E-state index contributed by atoms with van der Waals surface area (Å²) in [5, 5.41) is 3.25. The Morgan fingerprint density at radius 1 is 1.33 bits per heavy atom. The molecule has 0 bridgehead atoms. The second-order valence-corrected chi connectivity index (χ2v) is 5.38. The van der Waals surface area contributed by atoms with Gasteiger partial charge in [-0.2, -0.15) is 0 Å². The molecule has 1 fully saturated rings. The maximum absolute atomic E-state index is 12.1. The fourth-order valence-electron chi connectivity index (χ4n) is 2.15. The van der Waals surface area contributed by atoms with Crippen LogP contribution in [0, 0.1) is 5.92 Å². The summed E-state index contributed by atoms with van der Waals surface area (Å²) in [6, 6.07) is 5.48. The Hall–Kier alpha value is -1.56. The molecule has 2 rings (SSSR count). The number of hydrogen-bond acceptors (Lipinski definition) is 3. The van der Waals surface area contributed by atoms with Gasteiger partial charge in [0.1, 0.15) is 11.5 Å². The number of nitrogens with one attached hydrogen (secondary N) is 1. The minimum absolute atomic E-state index is 0.0113. The van der Waals surface area contributed by atoms with Gasteiger partial charge >= 0.3 is 6.36 Å². The Morgan fingerprint density at radius 3 is 2.43 bits per heavy atom. The molecular weight excluding hydrogens is 283 g/mol. The monoisotopic (exact) mass is 301 g/mol. The van der Waals surface area contributed by atoms with Crippen LogP contribution in [0.15, 0.2) is 24.3 Å². The van der Waals surface area contributed by atoms with E-state index in [0.717, 1.165) is 6.54 Å². The molecule has 0 aromatic heterocycles. The van der Waals surface area contributed by atoms with Crippen LogP contribution in [0.4, 0.5) is 13.2 Å². The van der Waals surface area contributed by atoms with Crippen LogP contribution < -0.4 is 10.1 Å². The van der Waals surface area contributed by atoms with Crippen molar-refractivity contribution in [3.8, 4) is 5.75 Å². The number of rotatable bonds is 7. The van der Waals surface area contributed by atoms with Crippen LogP contribution in [0.2, 0.25) is 0 Å². The Morgan fingerprint density at radius 2 is 1.95 bits per heavy atom. The minimum Gasteiger partial charge on any atom is -0.406 e. The van der Waals surface area contributed by atoms with Crippen molar-refractivity contribution >= 4 is 5.78 Å². The van der Waals surface area contributed by atoms with Gasteiger partial charge in [-0.25, -0.2) is 0 Å². The molecule has 1 atom stereocenters. The first-order valence-electron chi connectivity index (χ1n) is 6.92. The molecule has 0 radical (unpaired) electrons. The lowest BCUT2D eigenvalue weighted by Gasteiger charge is -2.16. The molecular formula is C15H18F3NO2. The topological polar surface area (TPSA) is 38.3 Å². The highest BCUT2D eigenvalue weighted by atomic mass is 19.4. The lowest BCUT2D eigenvalue weighted by molar-refractivity contribution is -0.274. The third-order valence-corrected chi connectivity index (χ3v) is 3.49. The van der Waals surface area contributed by atoms with E-state index in [1.54, 1.807) is 0 Å². The van der Waals surface area contributed by atoms with Gasteiger partial charge in [0.05, 0.1) is 5.92 Å². The third kappa shape index (κ3) is 5.38. The van der Waals surface area contributed by atoms with Crippen molar-refractivity contribution in [2.45, 2.75) is 32.0 Å². The zero-order valence-electron chi connectivity index (χ0n) is 11.7. The van der Waals surface area contributed by atoms with E-state index in [9.17, 15) is 18.0 Å². The molecule has 1 aromatic rings. The highest BCUT2D eigenvalue weighted by Gasteiger charge is 2.31. The summed E-state index contributed by atoms with van der Waals surface area (Å²) >= 11 is 0. The normalized spacial score (nSPS) is 16.6. The van der Waals surface area contributed by atoms with E-state index in [-0.39, 0.29) is 17.5 Å². The van der Waals surface area contributed by atoms with Crippen LogP contribution in [0.5, 0.6) is 5.75 Å². The predicted octanol–water partition coefficient (Wildman–Crippen LogP) is 3.26. The molecule has 1 aromatic carbocycles. The highest BCUT2D eigenvalue weighted by Crippen LogP contribution is 2.28. The highest BCUT2D eigenvalue weighted by molar-refractivity contribution is 5.83. The fourth-order valence-corrected chi connectivity index (χ4v) is 2.15. The van der Waals surface area contributed by atoms with Crippen molar-refractivity contribution in [1.82, 2.24) is 5.32 Å². The van der Waals surface area contributed by atoms with E-state index in [2.05, 4.69) is 10.1 Å². The quantitative estimate of drug-likeness (QED) is 0.840. The molecule has 1 N–H and O–H groups in total. The summed E-state index contributed by atoms with van der Waals surface area (Å²) < 4.78 is 40.1. The SMILES string of the molecule is CC(=O)[C@H](CNCC1CC1)c1ccc(OC(F)(F)F)cc1. The smallest absolute Gasteiger partial charge is 0.406 e. The second-order valence-electron chi connectivity index (χ2n) is 5.38. The summed E-state index contributed by atoms with van der Waals surface area (Å²) in [5.41, 5.74) is 0.695. The molecule has 116 valence electrons. The van der Waals surface area contributed by atoms with Crippen LogP contribution in [0.3, 0.4) is 0 Å². The first-order valence-corrected chi connectivity index (χ1v) is 6.92. The number of ether oxygens (including phenoxy) is 1. The number of carbonyl (C=O) groups excluding carboxylic acids is 1. The van der Waals surface area contributed by atoms with Gasteiger partial charge < -0.3 is 10.1 Å². The largest absolute Gasteiger partial charge is 0.573 e. The van der Waals surface area contributed by atoms with Crippen LogP contribution in [-0.2, 0) is 4.79 Å². The molecule has 1 aliphatic carbocycles. The average molecular weight is 301 g/mol.